The van der Waals surface area contributed by atoms with Gasteiger partial charge in [0.15, 0.2) is 0 Å². The minimum Gasteiger partial charge on any atom is -0.386 e. The predicted molar refractivity (Wildman–Crippen MR) is 88.6 cm³/mol. The fourth-order valence-corrected chi connectivity index (χ4v) is 2.47. The number of hydrogen-bond acceptors (Lipinski definition) is 2. The molecule has 0 saturated carbocycles. The summed E-state index contributed by atoms with van der Waals surface area (Å²) in [4.78, 5) is 12.4. The summed E-state index contributed by atoms with van der Waals surface area (Å²) in [5, 5.41) is 13.1. The molecular formula is C19H22FNO2. The second-order valence-electron chi connectivity index (χ2n) is 5.93. The summed E-state index contributed by atoms with van der Waals surface area (Å²) >= 11 is 0. The Morgan fingerprint density at radius 1 is 1.09 bits per heavy atom. The molecule has 0 aliphatic rings. The summed E-state index contributed by atoms with van der Waals surface area (Å²) in [7, 11) is 0. The molecule has 3 atom stereocenters. The van der Waals surface area contributed by atoms with Gasteiger partial charge in [-0.05, 0) is 44.0 Å². The monoisotopic (exact) mass is 315 g/mol. The van der Waals surface area contributed by atoms with Gasteiger partial charge in [-0.25, -0.2) is 4.39 Å². The molecule has 2 aromatic carbocycles. The van der Waals surface area contributed by atoms with E-state index in [9.17, 15) is 14.3 Å². The summed E-state index contributed by atoms with van der Waals surface area (Å²) in [6, 6.07) is 13.0. The van der Waals surface area contributed by atoms with Crippen molar-refractivity contribution in [3.63, 3.8) is 0 Å². The lowest BCUT2D eigenvalue weighted by Gasteiger charge is -2.23. The van der Waals surface area contributed by atoms with Crippen LogP contribution in [0.25, 0.3) is 0 Å². The van der Waals surface area contributed by atoms with Gasteiger partial charge >= 0.3 is 0 Å². The highest BCUT2D eigenvalue weighted by molar-refractivity contribution is 5.83. The van der Waals surface area contributed by atoms with E-state index < -0.39 is 12.1 Å². The Labute approximate surface area is 136 Å². The molecule has 3 unspecified atom stereocenters. The van der Waals surface area contributed by atoms with Gasteiger partial charge in [-0.1, -0.05) is 42.0 Å². The molecule has 0 aromatic heterocycles. The maximum Gasteiger partial charge on any atom is 0.227 e. The first-order valence-electron chi connectivity index (χ1n) is 7.69. The zero-order chi connectivity index (χ0) is 17.0. The highest BCUT2D eigenvalue weighted by Crippen LogP contribution is 2.20. The molecular weight excluding hydrogens is 293 g/mol. The largest absolute Gasteiger partial charge is 0.386 e. The van der Waals surface area contributed by atoms with Crippen LogP contribution in [0.4, 0.5) is 4.39 Å². The number of halogens is 1. The van der Waals surface area contributed by atoms with E-state index in [1.807, 2.05) is 38.1 Å². The van der Waals surface area contributed by atoms with E-state index in [0.29, 0.717) is 5.56 Å². The SMILES string of the molecule is Cc1cccc(C(C)C(=O)NC(C)C(O)c2ccc(F)cc2)c1. The standard InChI is InChI=1S/C19H22FNO2/c1-12-5-4-6-16(11-12)13(2)19(23)21-14(3)18(22)15-7-9-17(20)10-8-15/h4-11,13-14,18,22H,1-3H3,(H,21,23). The number of rotatable bonds is 5. The minimum atomic E-state index is -0.885. The van der Waals surface area contributed by atoms with Gasteiger partial charge in [0.1, 0.15) is 5.82 Å². The van der Waals surface area contributed by atoms with Crippen LogP contribution in [0, 0.1) is 12.7 Å². The van der Waals surface area contributed by atoms with Crippen LogP contribution in [0.15, 0.2) is 48.5 Å². The van der Waals surface area contributed by atoms with Gasteiger partial charge in [0.05, 0.1) is 18.1 Å². The number of carbonyl (C=O) groups is 1. The summed E-state index contributed by atoms with van der Waals surface area (Å²) in [6.07, 6.45) is -0.885. The van der Waals surface area contributed by atoms with Gasteiger partial charge in [0.25, 0.3) is 0 Å². The van der Waals surface area contributed by atoms with Gasteiger partial charge in [-0.3, -0.25) is 4.79 Å². The van der Waals surface area contributed by atoms with Gasteiger partial charge in [-0.2, -0.15) is 0 Å². The van der Waals surface area contributed by atoms with Crippen molar-refractivity contribution in [2.75, 3.05) is 0 Å². The number of carbonyl (C=O) groups excluding carboxylic acids is 1. The normalized spacial score (nSPS) is 14.8. The van der Waals surface area contributed by atoms with Crippen molar-refractivity contribution in [3.05, 3.63) is 71.0 Å². The van der Waals surface area contributed by atoms with E-state index in [2.05, 4.69) is 5.32 Å². The smallest absolute Gasteiger partial charge is 0.227 e. The van der Waals surface area contributed by atoms with Crippen LogP contribution in [0.5, 0.6) is 0 Å². The quantitative estimate of drug-likeness (QED) is 0.887. The minimum absolute atomic E-state index is 0.149. The van der Waals surface area contributed by atoms with E-state index in [1.54, 1.807) is 6.92 Å². The van der Waals surface area contributed by atoms with Crippen LogP contribution in [0.3, 0.4) is 0 Å². The fourth-order valence-electron chi connectivity index (χ4n) is 2.47. The number of aryl methyl sites for hydroxylation is 1. The molecule has 3 nitrogen and oxygen atoms in total. The molecule has 122 valence electrons. The number of aliphatic hydroxyl groups excluding tert-OH is 1. The molecule has 0 heterocycles. The third-order valence-corrected chi connectivity index (χ3v) is 3.99. The number of amides is 1. The second kappa shape index (κ2) is 7.38. The molecule has 0 aliphatic carbocycles. The highest BCUT2D eigenvalue weighted by Gasteiger charge is 2.22. The van der Waals surface area contributed by atoms with Gasteiger partial charge in [-0.15, -0.1) is 0 Å². The average molecular weight is 315 g/mol. The maximum absolute atomic E-state index is 12.9. The molecule has 0 spiro atoms. The summed E-state index contributed by atoms with van der Waals surface area (Å²) in [5.74, 6) is -0.812. The van der Waals surface area contributed by atoms with Gasteiger partial charge < -0.3 is 10.4 Å². The lowest BCUT2D eigenvalue weighted by atomic mass is 9.97. The van der Waals surface area contributed by atoms with Crippen LogP contribution in [-0.2, 0) is 4.79 Å². The van der Waals surface area contributed by atoms with E-state index >= 15 is 0 Å². The van der Waals surface area contributed by atoms with E-state index in [1.165, 1.54) is 24.3 Å². The summed E-state index contributed by atoms with van der Waals surface area (Å²) in [6.45, 7) is 5.55. The van der Waals surface area contributed by atoms with Crippen LogP contribution in [0.1, 0.15) is 42.6 Å². The number of hydrogen-bond donors (Lipinski definition) is 2. The van der Waals surface area contributed by atoms with Crippen LogP contribution >= 0.6 is 0 Å². The number of aliphatic hydroxyl groups is 1. The van der Waals surface area contributed by atoms with Gasteiger partial charge in [0.2, 0.25) is 5.91 Å². The lowest BCUT2D eigenvalue weighted by Crippen LogP contribution is -2.39. The Hall–Kier alpha value is -2.20. The Bertz CT molecular complexity index is 669. The average Bonchev–Trinajstić information content (AvgIpc) is 2.54. The molecule has 2 N–H and O–H groups in total. The molecule has 2 aromatic rings. The topological polar surface area (TPSA) is 49.3 Å². The lowest BCUT2D eigenvalue weighted by molar-refractivity contribution is -0.123. The highest BCUT2D eigenvalue weighted by atomic mass is 19.1. The van der Waals surface area contributed by atoms with Crippen molar-refractivity contribution < 1.29 is 14.3 Å². The Morgan fingerprint density at radius 3 is 2.35 bits per heavy atom. The van der Waals surface area contributed by atoms with Crippen molar-refractivity contribution in [2.45, 2.75) is 38.8 Å². The van der Waals surface area contributed by atoms with Crippen LogP contribution in [-0.4, -0.2) is 17.1 Å². The van der Waals surface area contributed by atoms with Crippen LogP contribution < -0.4 is 5.32 Å². The molecule has 1 amide bonds. The zero-order valence-electron chi connectivity index (χ0n) is 13.6. The van der Waals surface area contributed by atoms with E-state index in [4.69, 9.17) is 0 Å². The van der Waals surface area contributed by atoms with Gasteiger partial charge in [0, 0.05) is 0 Å². The first-order valence-corrected chi connectivity index (χ1v) is 7.69. The molecule has 0 saturated heterocycles. The molecule has 23 heavy (non-hydrogen) atoms. The van der Waals surface area contributed by atoms with Crippen molar-refractivity contribution >= 4 is 5.91 Å². The van der Waals surface area contributed by atoms with Crippen molar-refractivity contribution in [1.82, 2.24) is 5.32 Å². The van der Waals surface area contributed by atoms with Crippen molar-refractivity contribution in [2.24, 2.45) is 0 Å². The van der Waals surface area contributed by atoms with E-state index in [-0.39, 0.29) is 17.6 Å². The first kappa shape index (κ1) is 17.2. The maximum atomic E-state index is 12.9. The fraction of sp³-hybridized carbons (Fsp3) is 0.316. The molecule has 0 fully saturated rings. The van der Waals surface area contributed by atoms with E-state index in [0.717, 1.165) is 11.1 Å². The first-order chi connectivity index (χ1) is 10.9. The third kappa shape index (κ3) is 4.39. The molecule has 0 aliphatic heterocycles. The van der Waals surface area contributed by atoms with Crippen molar-refractivity contribution in [1.29, 1.82) is 0 Å². The Morgan fingerprint density at radius 2 is 1.74 bits per heavy atom. The van der Waals surface area contributed by atoms with Crippen molar-refractivity contribution in [3.8, 4) is 0 Å². The zero-order valence-corrected chi connectivity index (χ0v) is 13.6. The third-order valence-electron chi connectivity index (χ3n) is 3.99. The predicted octanol–water partition coefficient (Wildman–Crippen LogP) is 3.48. The summed E-state index contributed by atoms with van der Waals surface area (Å²) < 4.78 is 12.9. The molecule has 2 rings (SSSR count). The molecule has 0 bridgehead atoms. The molecule has 4 heteroatoms. The summed E-state index contributed by atoms with van der Waals surface area (Å²) in [5.41, 5.74) is 2.61. The Balaban J connectivity index is 2.02. The number of nitrogens with one attached hydrogen (secondary N) is 1. The Kier molecular flexibility index (Phi) is 5.50. The molecule has 0 radical (unpaired) electrons. The second-order valence-corrected chi connectivity index (χ2v) is 5.93. The van der Waals surface area contributed by atoms with Crippen LogP contribution in [0.2, 0.25) is 0 Å². The number of benzene rings is 2.